The van der Waals surface area contributed by atoms with Gasteiger partial charge in [-0.05, 0) is 89.9 Å². The van der Waals surface area contributed by atoms with Crippen LogP contribution in [0.4, 0.5) is 0 Å². The molecule has 5 heteroatoms. The SMILES string of the molecule is CC/C=C\C/C=C\C/C=C\C/C=C\C/C=C\C/C=C\CCCCCCCCCCCCCCCCCCCCC(=O)OC(CO)COC(=O)CCCCCCCCCCCCCCCCCCCCCCCCCCC/C=C\CCCCCCCCCC. The summed E-state index contributed by atoms with van der Waals surface area (Å²) in [5.41, 5.74) is 0. The number of allylic oxidation sites excluding steroid dienone is 14. The summed E-state index contributed by atoms with van der Waals surface area (Å²) in [6.07, 6.45) is 111. The van der Waals surface area contributed by atoms with Crippen molar-refractivity contribution in [2.75, 3.05) is 13.2 Å². The second kappa shape index (κ2) is 78.3. The van der Waals surface area contributed by atoms with Gasteiger partial charge in [0.25, 0.3) is 0 Å². The second-order valence-electron chi connectivity index (χ2n) is 26.4. The van der Waals surface area contributed by atoms with Gasteiger partial charge in [0.05, 0.1) is 6.61 Å². The smallest absolute Gasteiger partial charge is 0.306 e. The maximum Gasteiger partial charge on any atom is 0.306 e. The number of carbonyl (C=O) groups is 2. The van der Waals surface area contributed by atoms with E-state index in [4.69, 9.17) is 9.47 Å². The molecule has 5 nitrogen and oxygen atoms in total. The van der Waals surface area contributed by atoms with Gasteiger partial charge in [0, 0.05) is 12.8 Å². The molecular formula is C83H150O5. The third kappa shape index (κ3) is 75.5. The van der Waals surface area contributed by atoms with E-state index in [1.807, 2.05) is 0 Å². The molecule has 0 saturated heterocycles. The average Bonchev–Trinajstić information content (AvgIpc) is 3.55. The first kappa shape index (κ1) is 85.1. The first-order valence-electron chi connectivity index (χ1n) is 39.1. The lowest BCUT2D eigenvalue weighted by Gasteiger charge is -2.15. The molecule has 1 N–H and O–H groups in total. The van der Waals surface area contributed by atoms with Gasteiger partial charge in [-0.3, -0.25) is 9.59 Å². The highest BCUT2D eigenvalue weighted by Crippen LogP contribution is 2.19. The largest absolute Gasteiger partial charge is 0.462 e. The number of rotatable bonds is 73. The number of esters is 2. The van der Waals surface area contributed by atoms with Gasteiger partial charge in [0.2, 0.25) is 0 Å². The molecule has 512 valence electrons. The lowest BCUT2D eigenvalue weighted by molar-refractivity contribution is -0.161. The minimum absolute atomic E-state index is 0.0620. The van der Waals surface area contributed by atoms with Crippen LogP contribution in [0, 0.1) is 0 Å². The van der Waals surface area contributed by atoms with Crippen molar-refractivity contribution in [3.05, 3.63) is 85.1 Å². The summed E-state index contributed by atoms with van der Waals surface area (Å²) in [6, 6.07) is 0. The molecule has 0 saturated carbocycles. The molecule has 0 radical (unpaired) electrons. The van der Waals surface area contributed by atoms with Gasteiger partial charge >= 0.3 is 11.9 Å². The molecule has 0 bridgehead atoms. The van der Waals surface area contributed by atoms with E-state index in [-0.39, 0.29) is 25.2 Å². The fraction of sp³-hybridized carbons (Fsp3) is 0.807. The van der Waals surface area contributed by atoms with Crippen LogP contribution in [-0.4, -0.2) is 36.4 Å². The number of unbranched alkanes of at least 4 members (excludes halogenated alkanes) is 51. The fourth-order valence-electron chi connectivity index (χ4n) is 11.9. The highest BCUT2D eigenvalue weighted by Gasteiger charge is 2.16. The Balaban J connectivity index is 3.40. The minimum Gasteiger partial charge on any atom is -0.462 e. The summed E-state index contributed by atoms with van der Waals surface area (Å²) in [4.78, 5) is 24.7. The number of carbonyl (C=O) groups excluding carboxylic acids is 2. The first-order valence-corrected chi connectivity index (χ1v) is 39.1. The molecule has 88 heavy (non-hydrogen) atoms. The Morgan fingerprint density at radius 2 is 0.489 bits per heavy atom. The van der Waals surface area contributed by atoms with E-state index in [1.54, 1.807) is 0 Å². The Morgan fingerprint density at radius 3 is 0.750 bits per heavy atom. The van der Waals surface area contributed by atoms with Gasteiger partial charge in [-0.15, -0.1) is 0 Å². The quantitative estimate of drug-likeness (QED) is 0.0373. The zero-order valence-electron chi connectivity index (χ0n) is 59.0. The lowest BCUT2D eigenvalue weighted by atomic mass is 10.0. The van der Waals surface area contributed by atoms with Crippen molar-refractivity contribution in [3.8, 4) is 0 Å². The topological polar surface area (TPSA) is 72.8 Å². The molecule has 0 rings (SSSR count). The van der Waals surface area contributed by atoms with Crippen molar-refractivity contribution < 1.29 is 24.2 Å². The van der Waals surface area contributed by atoms with Crippen molar-refractivity contribution >= 4 is 11.9 Å². The molecule has 0 aliphatic carbocycles. The van der Waals surface area contributed by atoms with E-state index in [0.29, 0.717) is 12.8 Å². The summed E-state index contributed by atoms with van der Waals surface area (Å²) < 4.78 is 10.8. The van der Waals surface area contributed by atoms with Gasteiger partial charge in [-0.25, -0.2) is 0 Å². The Bertz CT molecular complexity index is 1580. The Morgan fingerprint density at radius 1 is 0.273 bits per heavy atom. The van der Waals surface area contributed by atoms with Crippen LogP contribution >= 0.6 is 0 Å². The van der Waals surface area contributed by atoms with Crippen molar-refractivity contribution in [2.24, 2.45) is 0 Å². The number of hydrogen-bond acceptors (Lipinski definition) is 5. The highest BCUT2D eigenvalue weighted by molar-refractivity contribution is 5.70. The van der Waals surface area contributed by atoms with Gasteiger partial charge in [0.1, 0.15) is 6.61 Å². The Kier molecular flexibility index (Phi) is 75.7. The van der Waals surface area contributed by atoms with Crippen LogP contribution in [0.2, 0.25) is 0 Å². The number of ether oxygens (including phenoxy) is 2. The van der Waals surface area contributed by atoms with E-state index >= 15 is 0 Å². The summed E-state index contributed by atoms with van der Waals surface area (Å²) in [5.74, 6) is -0.569. The Hall–Kier alpha value is -2.92. The van der Waals surface area contributed by atoms with Crippen LogP contribution in [-0.2, 0) is 19.1 Å². The molecule has 0 spiro atoms. The summed E-state index contributed by atoms with van der Waals surface area (Å²) in [5, 5.41) is 9.73. The van der Waals surface area contributed by atoms with Gasteiger partial charge < -0.3 is 14.6 Å². The maximum absolute atomic E-state index is 12.4. The zero-order chi connectivity index (χ0) is 63.3. The van der Waals surface area contributed by atoms with Crippen LogP contribution in [0.1, 0.15) is 412 Å². The molecule has 0 aliphatic rings. The average molecular weight is 1230 g/mol. The molecule has 0 aromatic carbocycles. The van der Waals surface area contributed by atoms with Gasteiger partial charge in [-0.1, -0.05) is 394 Å². The number of aliphatic hydroxyl groups excluding tert-OH is 1. The van der Waals surface area contributed by atoms with Crippen molar-refractivity contribution in [3.63, 3.8) is 0 Å². The van der Waals surface area contributed by atoms with E-state index in [2.05, 4.69) is 98.9 Å². The van der Waals surface area contributed by atoms with Crippen LogP contribution < -0.4 is 0 Å². The summed E-state index contributed by atoms with van der Waals surface area (Å²) in [7, 11) is 0. The summed E-state index contributed by atoms with van der Waals surface area (Å²) >= 11 is 0. The molecule has 0 heterocycles. The zero-order valence-corrected chi connectivity index (χ0v) is 59.0. The van der Waals surface area contributed by atoms with Crippen molar-refractivity contribution in [1.82, 2.24) is 0 Å². The predicted molar refractivity (Wildman–Crippen MR) is 390 cm³/mol. The fourth-order valence-corrected chi connectivity index (χ4v) is 11.9. The standard InChI is InChI=1S/C83H150O5/c1-3-5-7-9-11-13-15-17-19-21-23-25-27-29-31-33-35-37-39-41-43-45-47-49-51-53-55-57-59-61-63-65-67-69-71-73-75-77-82(85)87-80-81(79-84)88-83(86)78-76-74-72-70-68-66-64-62-60-58-56-54-52-50-48-46-44-42-40-38-36-34-32-30-28-26-24-22-20-18-16-14-12-10-8-6-4-2/h6,8,12,14,18,20-21,23-24,26,30,32,36,38,81,84H,3-5,7,9-11,13,15-17,19,22,25,27-29,31,33-35,37,39-80H2,1-2H3/b8-6-,14-12-,20-18-,23-21-,26-24-,32-30-,38-36-. The van der Waals surface area contributed by atoms with E-state index < -0.39 is 6.10 Å². The van der Waals surface area contributed by atoms with Crippen LogP contribution in [0.5, 0.6) is 0 Å². The molecule has 0 aliphatic heterocycles. The molecule has 0 amide bonds. The van der Waals surface area contributed by atoms with Gasteiger partial charge in [0.15, 0.2) is 6.10 Å². The maximum atomic E-state index is 12.4. The normalized spacial score (nSPS) is 12.6. The monoisotopic (exact) mass is 1230 g/mol. The lowest BCUT2D eigenvalue weighted by Crippen LogP contribution is -2.28. The molecule has 0 aromatic rings. The molecule has 1 unspecified atom stereocenters. The third-order valence-corrected chi connectivity index (χ3v) is 17.7. The molecule has 0 aromatic heterocycles. The summed E-state index contributed by atoms with van der Waals surface area (Å²) in [6.45, 7) is 4.08. The minimum atomic E-state index is -0.774. The first-order chi connectivity index (χ1) is 43.6. The highest BCUT2D eigenvalue weighted by atomic mass is 16.6. The van der Waals surface area contributed by atoms with Crippen LogP contribution in [0.25, 0.3) is 0 Å². The molecular weight excluding hydrogens is 1080 g/mol. The number of aliphatic hydroxyl groups is 1. The van der Waals surface area contributed by atoms with Crippen LogP contribution in [0.3, 0.4) is 0 Å². The predicted octanol–water partition coefficient (Wildman–Crippen LogP) is 27.6. The third-order valence-electron chi connectivity index (χ3n) is 17.7. The van der Waals surface area contributed by atoms with Crippen LogP contribution in [0.15, 0.2) is 85.1 Å². The molecule has 1 atom stereocenters. The van der Waals surface area contributed by atoms with Gasteiger partial charge in [-0.2, -0.15) is 0 Å². The van der Waals surface area contributed by atoms with E-state index in [1.165, 1.54) is 308 Å². The van der Waals surface area contributed by atoms with E-state index in [9.17, 15) is 14.7 Å². The second-order valence-corrected chi connectivity index (χ2v) is 26.4. The Labute approximate surface area is 549 Å². The molecule has 0 fully saturated rings. The van der Waals surface area contributed by atoms with Crippen molar-refractivity contribution in [2.45, 2.75) is 418 Å². The van der Waals surface area contributed by atoms with E-state index in [0.717, 1.165) is 77.0 Å². The number of hydrogen-bond donors (Lipinski definition) is 1. The van der Waals surface area contributed by atoms with Crippen molar-refractivity contribution in [1.29, 1.82) is 0 Å².